The first-order valence-corrected chi connectivity index (χ1v) is 27.6. The smallest absolute Gasteiger partial charge is 0.309 e. The number of carboxylic acid groups (broad SMARTS) is 2. The van der Waals surface area contributed by atoms with E-state index in [0.29, 0.717) is 47.3 Å². The van der Waals surface area contributed by atoms with Crippen molar-refractivity contribution in [3.05, 3.63) is 24.3 Å². The molecular weight excluding hydrogens is 1000 g/mol. The van der Waals surface area contributed by atoms with Gasteiger partial charge in [-0.2, -0.15) is 0 Å². The quantitative estimate of drug-likeness (QED) is 0.209. The number of rotatable bonds is 4. The molecule has 0 bridgehead atoms. The summed E-state index contributed by atoms with van der Waals surface area (Å²) in [4.78, 5) is 25.5. The molecule has 10 aliphatic carbocycles. The van der Waals surface area contributed by atoms with E-state index in [-0.39, 0.29) is 87.8 Å². The third kappa shape index (κ3) is 6.65. The molecule has 20 atom stereocenters. The van der Waals surface area contributed by atoms with Crippen LogP contribution in [0.5, 0.6) is 0 Å². The Morgan fingerprint density at radius 2 is 0.761 bits per heavy atom. The molecular formula is C60H96O6Re. The summed E-state index contributed by atoms with van der Waals surface area (Å²) in [6, 6.07) is 0. The van der Waals surface area contributed by atoms with Gasteiger partial charge in [0.25, 0.3) is 0 Å². The molecule has 10 aliphatic rings. The second-order valence-electron chi connectivity index (χ2n) is 29.0. The molecule has 1 radical (unpaired) electrons. The normalized spacial score (nSPS) is 54.2. The standard InChI is InChI=1S/2C30H48O3.Re/c2*1-18(2)19-10-15-30(25(32)33)17-16-28(6)20(24(19)30)8-9-22-27(5)13-12-23(31)26(3,4)21(27)11-14-29(22,28)7;/h2*19-24,31H,1,8-17H2,2-7H3,(H,32,33);/t2*19-,20?,21?,22?,23-,24?,27-,28+,29+,30-;/m00./s1. The molecule has 0 aromatic heterocycles. The third-order valence-electron chi connectivity index (χ3n) is 26.9. The fourth-order valence-corrected chi connectivity index (χ4v) is 23.0. The molecule has 0 aromatic carbocycles. The minimum atomic E-state index is -0.538. The SMILES string of the molecule is C=C(C)[C@@H]1CC[C@]2(C(=O)O)CC[C@]3(C)C(CCC4[C@@]5(C)CC[C@H](O)C(C)(C)C5CC[C@]43C)C12.C=C(C)[C@@H]1CC[C@]2(C(=O)O)CC[C@]3(C)C(CCC4[C@@]5(C)CC[C@H](O)C(C)(C)C5CC[C@]43C)C12.[Re]. The molecule has 67 heavy (non-hydrogen) atoms. The monoisotopic (exact) mass is 1100 g/mol. The summed E-state index contributed by atoms with van der Waals surface area (Å²) >= 11 is 0. The Bertz CT molecular complexity index is 1870. The van der Waals surface area contributed by atoms with Gasteiger partial charge in [0.05, 0.1) is 23.0 Å². The molecule has 0 heterocycles. The molecule has 6 nitrogen and oxygen atoms in total. The van der Waals surface area contributed by atoms with Crippen LogP contribution in [0.3, 0.4) is 0 Å². The summed E-state index contributed by atoms with van der Waals surface area (Å²) < 4.78 is 0. The van der Waals surface area contributed by atoms with Crippen molar-refractivity contribution in [3.8, 4) is 0 Å². The first-order chi connectivity index (χ1) is 30.5. The Labute approximate surface area is 421 Å². The topological polar surface area (TPSA) is 115 Å². The molecule has 0 aromatic rings. The Kier molecular flexibility index (Phi) is 12.9. The maximum atomic E-state index is 12.8. The van der Waals surface area contributed by atoms with Crippen LogP contribution >= 0.6 is 0 Å². The van der Waals surface area contributed by atoms with E-state index in [0.717, 1.165) is 77.0 Å². The molecule has 0 saturated heterocycles. The van der Waals surface area contributed by atoms with E-state index in [1.54, 1.807) is 0 Å². The van der Waals surface area contributed by atoms with Crippen LogP contribution in [0.25, 0.3) is 0 Å². The fourth-order valence-electron chi connectivity index (χ4n) is 23.0. The second-order valence-corrected chi connectivity index (χ2v) is 29.0. The van der Waals surface area contributed by atoms with Crippen LogP contribution < -0.4 is 0 Å². The maximum absolute atomic E-state index is 12.8. The predicted molar refractivity (Wildman–Crippen MR) is 265 cm³/mol. The van der Waals surface area contributed by atoms with Crippen LogP contribution in [0.15, 0.2) is 24.3 Å². The van der Waals surface area contributed by atoms with E-state index in [1.165, 1.54) is 62.5 Å². The molecule has 8 unspecified atom stereocenters. The van der Waals surface area contributed by atoms with E-state index >= 15 is 0 Å². The molecule has 379 valence electrons. The number of fused-ring (bicyclic) bond motifs is 14. The second kappa shape index (κ2) is 16.5. The van der Waals surface area contributed by atoms with E-state index in [9.17, 15) is 30.0 Å². The average Bonchev–Trinajstić information content (AvgIpc) is 3.84. The molecule has 0 spiro atoms. The summed E-state index contributed by atoms with van der Waals surface area (Å²) in [5.74, 6) is 3.59. The van der Waals surface area contributed by atoms with Crippen molar-refractivity contribution in [1.82, 2.24) is 0 Å². The zero-order valence-electron chi connectivity index (χ0n) is 44.5. The van der Waals surface area contributed by atoms with Gasteiger partial charge < -0.3 is 20.4 Å². The average molecular weight is 1100 g/mol. The van der Waals surface area contributed by atoms with Crippen LogP contribution in [0.1, 0.15) is 212 Å². The predicted octanol–water partition coefficient (Wildman–Crippen LogP) is 14.2. The third-order valence-corrected chi connectivity index (χ3v) is 26.9. The number of allylic oxidation sites excluding steroid dienone is 2. The van der Waals surface area contributed by atoms with Gasteiger partial charge in [-0.15, -0.1) is 0 Å². The molecule has 7 heteroatoms. The van der Waals surface area contributed by atoms with Gasteiger partial charge in [-0.05, 0) is 245 Å². The number of carbonyl (C=O) groups is 2. The van der Waals surface area contributed by atoms with E-state index in [4.69, 9.17) is 0 Å². The summed E-state index contributed by atoms with van der Waals surface area (Å²) in [7, 11) is 0. The largest absolute Gasteiger partial charge is 0.481 e. The van der Waals surface area contributed by atoms with Gasteiger partial charge in [0.15, 0.2) is 0 Å². The first-order valence-electron chi connectivity index (χ1n) is 27.6. The Morgan fingerprint density at radius 3 is 1.07 bits per heavy atom. The minimum absolute atomic E-state index is 0. The minimum Gasteiger partial charge on any atom is -0.481 e. The molecule has 0 amide bonds. The summed E-state index contributed by atoms with van der Waals surface area (Å²) in [5, 5.41) is 42.8. The Morgan fingerprint density at radius 1 is 0.418 bits per heavy atom. The van der Waals surface area contributed by atoms with Crippen molar-refractivity contribution in [2.24, 2.45) is 113 Å². The van der Waals surface area contributed by atoms with Crippen molar-refractivity contribution >= 4 is 11.9 Å². The van der Waals surface area contributed by atoms with E-state index in [2.05, 4.69) is 96.2 Å². The van der Waals surface area contributed by atoms with Crippen LogP contribution in [0.4, 0.5) is 0 Å². The van der Waals surface area contributed by atoms with Crippen LogP contribution in [-0.2, 0) is 30.0 Å². The molecule has 0 aliphatic heterocycles. The number of aliphatic hydroxyl groups is 2. The van der Waals surface area contributed by atoms with Gasteiger partial charge in [0.1, 0.15) is 0 Å². The van der Waals surface area contributed by atoms with Crippen molar-refractivity contribution in [1.29, 1.82) is 0 Å². The van der Waals surface area contributed by atoms with E-state index in [1.807, 2.05) is 0 Å². The van der Waals surface area contributed by atoms with Crippen LogP contribution in [0, 0.1) is 113 Å². The van der Waals surface area contributed by atoms with Crippen molar-refractivity contribution in [2.75, 3.05) is 0 Å². The van der Waals surface area contributed by atoms with Gasteiger partial charge in [-0.25, -0.2) is 0 Å². The number of hydrogen-bond donors (Lipinski definition) is 4. The van der Waals surface area contributed by atoms with Crippen molar-refractivity contribution < 1.29 is 50.4 Å². The maximum Gasteiger partial charge on any atom is 0.309 e. The Balaban J connectivity index is 0.000000179. The van der Waals surface area contributed by atoms with Crippen LogP contribution in [0.2, 0.25) is 0 Å². The Hall–Kier alpha value is -0.998. The molecule has 10 rings (SSSR count). The van der Waals surface area contributed by atoms with Crippen molar-refractivity contribution in [3.63, 3.8) is 0 Å². The number of aliphatic carboxylic acids is 2. The number of carboxylic acids is 2. The molecule has 10 saturated carbocycles. The summed E-state index contributed by atoms with van der Waals surface area (Å²) in [5.41, 5.74) is 2.71. The first kappa shape index (κ1) is 52.3. The van der Waals surface area contributed by atoms with Crippen molar-refractivity contribution in [2.45, 2.75) is 224 Å². The fraction of sp³-hybridized carbons (Fsp3) is 0.900. The van der Waals surface area contributed by atoms with Crippen LogP contribution in [-0.4, -0.2) is 44.6 Å². The van der Waals surface area contributed by atoms with Gasteiger partial charge in [0, 0.05) is 20.4 Å². The van der Waals surface area contributed by atoms with Gasteiger partial charge in [-0.3, -0.25) is 9.59 Å². The zero-order chi connectivity index (χ0) is 48.4. The summed E-state index contributed by atoms with van der Waals surface area (Å²) in [6.07, 6.45) is 20.9. The number of hydrogen-bond acceptors (Lipinski definition) is 4. The summed E-state index contributed by atoms with van der Waals surface area (Å²) in [6.45, 7) is 37.7. The van der Waals surface area contributed by atoms with Gasteiger partial charge in [0.2, 0.25) is 0 Å². The molecule has 10 fully saturated rings. The van der Waals surface area contributed by atoms with Gasteiger partial charge in [-0.1, -0.05) is 93.5 Å². The number of aliphatic hydroxyl groups excluding tert-OH is 2. The van der Waals surface area contributed by atoms with Gasteiger partial charge >= 0.3 is 11.9 Å². The molecule has 4 N–H and O–H groups in total. The zero-order valence-corrected chi connectivity index (χ0v) is 47.2. The van der Waals surface area contributed by atoms with E-state index < -0.39 is 22.8 Å².